The zero-order valence-electron chi connectivity index (χ0n) is 10.4. The molecule has 0 spiro atoms. The van der Waals surface area contributed by atoms with Gasteiger partial charge >= 0.3 is 0 Å². The second-order valence-electron chi connectivity index (χ2n) is 3.97. The molecule has 18 heavy (non-hydrogen) atoms. The minimum Gasteiger partial charge on any atom is -0.372 e. The molecule has 1 aromatic carbocycles. The number of anilines is 2. The van der Waals surface area contributed by atoms with Gasteiger partial charge in [0.1, 0.15) is 22.4 Å². The van der Waals surface area contributed by atoms with Gasteiger partial charge in [0.25, 0.3) is 0 Å². The molecule has 5 heteroatoms. The maximum Gasteiger partial charge on any atom is 0.146 e. The molecule has 0 fully saturated rings. The summed E-state index contributed by atoms with van der Waals surface area (Å²) in [7, 11) is 1.83. The Morgan fingerprint density at radius 2 is 1.78 bits per heavy atom. The number of nitrogens with zero attached hydrogens (tertiary/aromatic N) is 2. The van der Waals surface area contributed by atoms with Gasteiger partial charge in [-0.3, -0.25) is 0 Å². The summed E-state index contributed by atoms with van der Waals surface area (Å²) in [5, 5.41) is 6.29. The SMILES string of the molecule is CNc1ncnc(NCc2ccc(C)cc2)c1Br. The standard InChI is InChI=1S/C13H15BrN4/c1-9-3-5-10(6-4-9)7-16-13-11(14)12(15-2)17-8-18-13/h3-6,8H,7H2,1-2H3,(H2,15,16,17,18). The average molecular weight is 307 g/mol. The van der Waals surface area contributed by atoms with Crippen molar-refractivity contribution in [2.45, 2.75) is 13.5 Å². The van der Waals surface area contributed by atoms with E-state index in [0.717, 1.165) is 22.7 Å². The second-order valence-corrected chi connectivity index (χ2v) is 4.77. The zero-order chi connectivity index (χ0) is 13.0. The van der Waals surface area contributed by atoms with Crippen molar-refractivity contribution in [1.82, 2.24) is 9.97 Å². The van der Waals surface area contributed by atoms with E-state index in [-0.39, 0.29) is 0 Å². The van der Waals surface area contributed by atoms with Crippen LogP contribution in [0.1, 0.15) is 11.1 Å². The lowest BCUT2D eigenvalue weighted by molar-refractivity contribution is 1.07. The van der Waals surface area contributed by atoms with Gasteiger partial charge in [0.15, 0.2) is 0 Å². The third-order valence-corrected chi connectivity index (χ3v) is 3.36. The Morgan fingerprint density at radius 3 is 2.44 bits per heavy atom. The summed E-state index contributed by atoms with van der Waals surface area (Å²) in [6.07, 6.45) is 1.54. The molecule has 0 radical (unpaired) electrons. The third-order valence-electron chi connectivity index (χ3n) is 2.61. The van der Waals surface area contributed by atoms with Crippen molar-refractivity contribution in [2.24, 2.45) is 0 Å². The molecule has 0 saturated heterocycles. The molecule has 0 aliphatic rings. The maximum atomic E-state index is 4.21. The van der Waals surface area contributed by atoms with Crippen LogP contribution in [0.3, 0.4) is 0 Å². The number of nitrogens with one attached hydrogen (secondary N) is 2. The molecular formula is C13H15BrN4. The maximum absolute atomic E-state index is 4.21. The number of benzene rings is 1. The lowest BCUT2D eigenvalue weighted by atomic mass is 10.1. The summed E-state index contributed by atoms with van der Waals surface area (Å²) in [4.78, 5) is 8.33. The predicted octanol–water partition coefficient (Wildman–Crippen LogP) is 3.20. The molecule has 0 aliphatic heterocycles. The van der Waals surface area contributed by atoms with Gasteiger partial charge < -0.3 is 10.6 Å². The van der Waals surface area contributed by atoms with E-state index < -0.39 is 0 Å². The molecule has 0 unspecified atom stereocenters. The van der Waals surface area contributed by atoms with Crippen LogP contribution in [0.5, 0.6) is 0 Å². The quantitative estimate of drug-likeness (QED) is 0.911. The van der Waals surface area contributed by atoms with E-state index in [1.807, 2.05) is 7.05 Å². The predicted molar refractivity (Wildman–Crippen MR) is 77.8 cm³/mol. The minimum atomic E-state index is 0.735. The van der Waals surface area contributed by atoms with Crippen molar-refractivity contribution in [2.75, 3.05) is 17.7 Å². The van der Waals surface area contributed by atoms with Crippen LogP contribution in [-0.4, -0.2) is 17.0 Å². The van der Waals surface area contributed by atoms with E-state index in [2.05, 4.69) is 67.7 Å². The Kier molecular flexibility index (Phi) is 4.15. The van der Waals surface area contributed by atoms with Crippen molar-refractivity contribution in [1.29, 1.82) is 0 Å². The molecule has 1 aromatic heterocycles. The number of halogens is 1. The Balaban J connectivity index is 2.08. The first kappa shape index (κ1) is 12.8. The minimum absolute atomic E-state index is 0.735. The molecule has 2 aromatic rings. The normalized spacial score (nSPS) is 10.2. The molecule has 94 valence electrons. The number of aromatic nitrogens is 2. The Bertz CT molecular complexity index is 525. The summed E-state index contributed by atoms with van der Waals surface area (Å²) >= 11 is 3.48. The van der Waals surface area contributed by atoms with Crippen LogP contribution in [-0.2, 0) is 6.54 Å². The van der Waals surface area contributed by atoms with Crippen LogP contribution in [0.25, 0.3) is 0 Å². The highest BCUT2D eigenvalue weighted by molar-refractivity contribution is 9.10. The van der Waals surface area contributed by atoms with Crippen LogP contribution in [0, 0.1) is 6.92 Å². The van der Waals surface area contributed by atoms with Gasteiger partial charge in [-0.25, -0.2) is 9.97 Å². The van der Waals surface area contributed by atoms with E-state index in [1.165, 1.54) is 17.5 Å². The molecule has 2 N–H and O–H groups in total. The second kappa shape index (κ2) is 5.82. The van der Waals surface area contributed by atoms with Gasteiger partial charge in [-0.05, 0) is 28.4 Å². The smallest absolute Gasteiger partial charge is 0.146 e. The highest BCUT2D eigenvalue weighted by Gasteiger charge is 2.06. The largest absolute Gasteiger partial charge is 0.372 e. The summed E-state index contributed by atoms with van der Waals surface area (Å²) in [5.74, 6) is 1.56. The van der Waals surface area contributed by atoms with Crippen LogP contribution in [0.4, 0.5) is 11.6 Å². The number of aryl methyl sites for hydroxylation is 1. The van der Waals surface area contributed by atoms with Crippen molar-refractivity contribution < 1.29 is 0 Å². The molecule has 2 rings (SSSR count). The van der Waals surface area contributed by atoms with Gasteiger partial charge in [-0.15, -0.1) is 0 Å². The lowest BCUT2D eigenvalue weighted by Gasteiger charge is -2.10. The Morgan fingerprint density at radius 1 is 1.11 bits per heavy atom. The van der Waals surface area contributed by atoms with E-state index >= 15 is 0 Å². The van der Waals surface area contributed by atoms with Gasteiger partial charge in [0.2, 0.25) is 0 Å². The lowest BCUT2D eigenvalue weighted by Crippen LogP contribution is -2.04. The molecule has 1 heterocycles. The number of hydrogen-bond acceptors (Lipinski definition) is 4. The topological polar surface area (TPSA) is 49.8 Å². The first-order chi connectivity index (χ1) is 8.70. The molecule has 4 nitrogen and oxygen atoms in total. The fraction of sp³-hybridized carbons (Fsp3) is 0.231. The van der Waals surface area contributed by atoms with Gasteiger partial charge in [0, 0.05) is 13.6 Å². The van der Waals surface area contributed by atoms with Crippen molar-refractivity contribution in [3.05, 3.63) is 46.2 Å². The molecule has 0 amide bonds. The van der Waals surface area contributed by atoms with Gasteiger partial charge in [-0.1, -0.05) is 29.8 Å². The Labute approximate surface area is 115 Å². The third kappa shape index (κ3) is 2.98. The van der Waals surface area contributed by atoms with Crippen molar-refractivity contribution in [3.8, 4) is 0 Å². The molecule has 0 atom stereocenters. The van der Waals surface area contributed by atoms with E-state index in [0.29, 0.717) is 0 Å². The summed E-state index contributed by atoms with van der Waals surface area (Å²) in [6.45, 7) is 2.82. The number of hydrogen-bond donors (Lipinski definition) is 2. The van der Waals surface area contributed by atoms with Crippen LogP contribution in [0.2, 0.25) is 0 Å². The van der Waals surface area contributed by atoms with Crippen LogP contribution < -0.4 is 10.6 Å². The van der Waals surface area contributed by atoms with Crippen LogP contribution in [0.15, 0.2) is 35.1 Å². The van der Waals surface area contributed by atoms with Crippen LogP contribution >= 0.6 is 15.9 Å². The fourth-order valence-corrected chi connectivity index (χ4v) is 2.10. The summed E-state index contributed by atoms with van der Waals surface area (Å²) < 4.78 is 0.847. The monoisotopic (exact) mass is 306 g/mol. The number of rotatable bonds is 4. The first-order valence-electron chi connectivity index (χ1n) is 5.68. The van der Waals surface area contributed by atoms with Gasteiger partial charge in [0.05, 0.1) is 0 Å². The Hall–Kier alpha value is -1.62. The van der Waals surface area contributed by atoms with Crippen molar-refractivity contribution in [3.63, 3.8) is 0 Å². The van der Waals surface area contributed by atoms with Gasteiger partial charge in [-0.2, -0.15) is 0 Å². The highest BCUT2D eigenvalue weighted by atomic mass is 79.9. The van der Waals surface area contributed by atoms with Crippen molar-refractivity contribution >= 4 is 27.6 Å². The summed E-state index contributed by atoms with van der Waals surface area (Å²) in [6, 6.07) is 8.42. The van der Waals surface area contributed by atoms with E-state index in [4.69, 9.17) is 0 Å². The fourth-order valence-electron chi connectivity index (χ4n) is 1.56. The van der Waals surface area contributed by atoms with E-state index in [9.17, 15) is 0 Å². The molecular weight excluding hydrogens is 292 g/mol. The highest BCUT2D eigenvalue weighted by Crippen LogP contribution is 2.26. The summed E-state index contributed by atoms with van der Waals surface area (Å²) in [5.41, 5.74) is 2.48. The molecule has 0 bridgehead atoms. The van der Waals surface area contributed by atoms with E-state index in [1.54, 1.807) is 0 Å². The average Bonchev–Trinajstić information content (AvgIpc) is 2.39. The molecule has 0 aliphatic carbocycles. The first-order valence-corrected chi connectivity index (χ1v) is 6.47. The molecule has 0 saturated carbocycles. The zero-order valence-corrected chi connectivity index (χ0v) is 12.0.